The van der Waals surface area contributed by atoms with E-state index in [9.17, 15) is 5.11 Å². The number of nitrogens with zero attached hydrogens (tertiary/aromatic N) is 3. The molecule has 1 fully saturated rings. The third-order valence-corrected chi connectivity index (χ3v) is 3.31. The van der Waals surface area contributed by atoms with Gasteiger partial charge in [0.15, 0.2) is 0 Å². The van der Waals surface area contributed by atoms with Crippen molar-refractivity contribution in [3.8, 4) is 0 Å². The van der Waals surface area contributed by atoms with Gasteiger partial charge in [0.2, 0.25) is 0 Å². The normalized spacial score (nSPS) is 19.3. The van der Waals surface area contributed by atoms with Gasteiger partial charge in [-0.3, -0.25) is 0 Å². The predicted octanol–water partition coefficient (Wildman–Crippen LogP) is 0.215. The highest BCUT2D eigenvalue weighted by molar-refractivity contribution is 5.13. The largest absolute Gasteiger partial charge is 0.391 e. The smallest absolute Gasteiger partial charge is 0.102 e. The number of aromatic nitrogens is 3. The van der Waals surface area contributed by atoms with Gasteiger partial charge in [-0.1, -0.05) is 5.21 Å². The van der Waals surface area contributed by atoms with Crippen molar-refractivity contribution in [2.75, 3.05) is 7.11 Å². The Bertz CT molecular complexity index is 376. The van der Waals surface area contributed by atoms with Crippen LogP contribution >= 0.6 is 0 Å². The third-order valence-electron chi connectivity index (χ3n) is 3.31. The lowest BCUT2D eigenvalue weighted by atomic mass is 10.2. The summed E-state index contributed by atoms with van der Waals surface area (Å²) in [7, 11) is 1.64. The molecule has 2 atom stereocenters. The van der Waals surface area contributed by atoms with Gasteiger partial charge in [-0.05, 0) is 25.7 Å². The molecule has 0 saturated heterocycles. The number of aliphatic hydroxyl groups excluding tert-OH is 1. The van der Waals surface area contributed by atoms with Crippen LogP contribution in [-0.4, -0.2) is 33.3 Å². The Morgan fingerprint density at radius 1 is 1.59 bits per heavy atom. The van der Waals surface area contributed by atoms with Crippen molar-refractivity contribution in [2.45, 2.75) is 45.1 Å². The van der Waals surface area contributed by atoms with Crippen LogP contribution in [0, 0.1) is 5.92 Å². The molecule has 17 heavy (non-hydrogen) atoms. The fourth-order valence-electron chi connectivity index (χ4n) is 2.00. The first-order chi connectivity index (χ1) is 8.17. The van der Waals surface area contributed by atoms with Crippen molar-refractivity contribution in [3.63, 3.8) is 0 Å². The van der Waals surface area contributed by atoms with E-state index < -0.39 is 0 Å². The standard InChI is InChI=1S/C11H20N4O2/c1-7(17-2)11-9(5-12)13-14-15(11)6-10(16)8-3-4-8/h7-8,10,16H,3-6,12H2,1-2H3. The van der Waals surface area contributed by atoms with Crippen LogP contribution in [0.1, 0.15) is 37.3 Å². The average molecular weight is 240 g/mol. The average Bonchev–Trinajstić information content (AvgIpc) is 3.11. The second kappa shape index (κ2) is 5.12. The highest BCUT2D eigenvalue weighted by Crippen LogP contribution is 2.33. The molecule has 1 aliphatic rings. The first-order valence-corrected chi connectivity index (χ1v) is 6.00. The molecule has 1 heterocycles. The Labute approximate surface area is 101 Å². The second-order valence-corrected chi connectivity index (χ2v) is 4.59. The molecule has 1 saturated carbocycles. The predicted molar refractivity (Wildman–Crippen MR) is 62.1 cm³/mol. The van der Waals surface area contributed by atoms with E-state index in [2.05, 4.69) is 10.3 Å². The molecule has 96 valence electrons. The molecule has 0 aliphatic heterocycles. The topological polar surface area (TPSA) is 86.2 Å². The number of nitrogens with two attached hydrogens (primary N) is 1. The van der Waals surface area contributed by atoms with Gasteiger partial charge < -0.3 is 15.6 Å². The number of ether oxygens (including phenoxy) is 1. The fourth-order valence-corrected chi connectivity index (χ4v) is 2.00. The lowest BCUT2D eigenvalue weighted by Crippen LogP contribution is -2.22. The molecule has 0 aromatic carbocycles. The summed E-state index contributed by atoms with van der Waals surface area (Å²) in [6, 6.07) is 0. The van der Waals surface area contributed by atoms with Crippen molar-refractivity contribution in [1.82, 2.24) is 15.0 Å². The number of rotatable bonds is 6. The molecule has 2 rings (SSSR count). The first kappa shape index (κ1) is 12.5. The second-order valence-electron chi connectivity index (χ2n) is 4.59. The Hall–Kier alpha value is -0.980. The summed E-state index contributed by atoms with van der Waals surface area (Å²) in [5, 5.41) is 18.0. The number of methoxy groups -OCH3 is 1. The minimum Gasteiger partial charge on any atom is -0.391 e. The zero-order valence-electron chi connectivity index (χ0n) is 10.3. The van der Waals surface area contributed by atoms with Crippen LogP contribution in [0.25, 0.3) is 0 Å². The zero-order valence-corrected chi connectivity index (χ0v) is 10.3. The van der Waals surface area contributed by atoms with Crippen LogP contribution in [-0.2, 0) is 17.8 Å². The van der Waals surface area contributed by atoms with E-state index in [1.807, 2.05) is 6.92 Å². The summed E-state index contributed by atoms with van der Waals surface area (Å²) in [5.41, 5.74) is 7.23. The monoisotopic (exact) mass is 240 g/mol. The highest BCUT2D eigenvalue weighted by atomic mass is 16.5. The van der Waals surface area contributed by atoms with Gasteiger partial charge in [0.25, 0.3) is 0 Å². The van der Waals surface area contributed by atoms with E-state index in [4.69, 9.17) is 10.5 Å². The zero-order chi connectivity index (χ0) is 12.4. The van der Waals surface area contributed by atoms with Crippen molar-refractivity contribution in [2.24, 2.45) is 11.7 Å². The van der Waals surface area contributed by atoms with Crippen LogP contribution < -0.4 is 5.73 Å². The van der Waals surface area contributed by atoms with Gasteiger partial charge in [-0.15, -0.1) is 5.10 Å². The molecule has 6 heteroatoms. The lowest BCUT2D eigenvalue weighted by molar-refractivity contribution is 0.0963. The van der Waals surface area contributed by atoms with E-state index in [1.54, 1.807) is 11.8 Å². The van der Waals surface area contributed by atoms with Crippen LogP contribution in [0.5, 0.6) is 0 Å². The maximum atomic E-state index is 9.94. The molecule has 0 amide bonds. The molecule has 6 nitrogen and oxygen atoms in total. The SMILES string of the molecule is COC(C)c1c(CN)nnn1CC(O)C1CC1. The van der Waals surface area contributed by atoms with E-state index in [-0.39, 0.29) is 12.2 Å². The van der Waals surface area contributed by atoms with E-state index in [0.717, 1.165) is 24.2 Å². The molecule has 2 unspecified atom stereocenters. The third kappa shape index (κ3) is 2.65. The maximum absolute atomic E-state index is 9.94. The maximum Gasteiger partial charge on any atom is 0.102 e. The van der Waals surface area contributed by atoms with Gasteiger partial charge in [0.05, 0.1) is 24.4 Å². The summed E-state index contributed by atoms with van der Waals surface area (Å²) >= 11 is 0. The number of hydrogen-bond acceptors (Lipinski definition) is 5. The molecule has 0 radical (unpaired) electrons. The molecular weight excluding hydrogens is 220 g/mol. The van der Waals surface area contributed by atoms with Crippen molar-refractivity contribution >= 4 is 0 Å². The molecule has 0 spiro atoms. The minimum atomic E-state index is -0.342. The quantitative estimate of drug-likeness (QED) is 0.742. The van der Waals surface area contributed by atoms with Gasteiger partial charge >= 0.3 is 0 Å². The lowest BCUT2D eigenvalue weighted by Gasteiger charge is -2.15. The molecule has 3 N–H and O–H groups in total. The minimum absolute atomic E-state index is 0.116. The Morgan fingerprint density at radius 2 is 2.29 bits per heavy atom. The van der Waals surface area contributed by atoms with Crippen LogP contribution in [0.2, 0.25) is 0 Å². The van der Waals surface area contributed by atoms with E-state index in [0.29, 0.717) is 19.0 Å². The molecule has 0 bridgehead atoms. The molecular formula is C11H20N4O2. The summed E-state index contributed by atoms with van der Waals surface area (Å²) in [6.07, 6.45) is 1.75. The Morgan fingerprint density at radius 3 is 2.82 bits per heavy atom. The van der Waals surface area contributed by atoms with Crippen LogP contribution in [0.15, 0.2) is 0 Å². The van der Waals surface area contributed by atoms with Crippen LogP contribution in [0.3, 0.4) is 0 Å². The van der Waals surface area contributed by atoms with Gasteiger partial charge in [-0.2, -0.15) is 0 Å². The number of hydrogen-bond donors (Lipinski definition) is 2. The van der Waals surface area contributed by atoms with Crippen molar-refractivity contribution in [1.29, 1.82) is 0 Å². The fraction of sp³-hybridized carbons (Fsp3) is 0.818. The molecule has 1 aromatic heterocycles. The van der Waals surface area contributed by atoms with Crippen molar-refractivity contribution in [3.05, 3.63) is 11.4 Å². The Balaban J connectivity index is 2.16. The van der Waals surface area contributed by atoms with Crippen LogP contribution in [0.4, 0.5) is 0 Å². The van der Waals surface area contributed by atoms with Gasteiger partial charge in [0, 0.05) is 13.7 Å². The van der Waals surface area contributed by atoms with E-state index in [1.165, 1.54) is 0 Å². The highest BCUT2D eigenvalue weighted by Gasteiger charge is 2.31. The number of aliphatic hydroxyl groups is 1. The summed E-state index contributed by atoms with van der Waals surface area (Å²) in [6.45, 7) is 2.74. The van der Waals surface area contributed by atoms with Gasteiger partial charge in [-0.25, -0.2) is 4.68 Å². The summed E-state index contributed by atoms with van der Waals surface area (Å²) < 4.78 is 7.02. The summed E-state index contributed by atoms with van der Waals surface area (Å²) in [4.78, 5) is 0. The van der Waals surface area contributed by atoms with Crippen molar-refractivity contribution < 1.29 is 9.84 Å². The first-order valence-electron chi connectivity index (χ1n) is 6.00. The van der Waals surface area contributed by atoms with Gasteiger partial charge in [0.1, 0.15) is 5.69 Å². The van der Waals surface area contributed by atoms with E-state index >= 15 is 0 Å². The molecule has 1 aromatic rings. The summed E-state index contributed by atoms with van der Waals surface area (Å²) in [5.74, 6) is 0.422. The molecule has 1 aliphatic carbocycles. The Kier molecular flexibility index (Phi) is 3.76.